The maximum atomic E-state index is 4.40. The van der Waals surface area contributed by atoms with Gasteiger partial charge in [0.25, 0.3) is 0 Å². The third kappa shape index (κ3) is 3.83. The first-order chi connectivity index (χ1) is 8.79. The second kappa shape index (κ2) is 6.92. The molecule has 0 aromatic carbocycles. The van der Waals surface area contributed by atoms with Crippen molar-refractivity contribution in [2.75, 3.05) is 6.54 Å². The van der Waals surface area contributed by atoms with E-state index < -0.39 is 0 Å². The lowest BCUT2D eigenvalue weighted by Crippen LogP contribution is -2.24. The molecule has 2 aromatic rings. The van der Waals surface area contributed by atoms with Gasteiger partial charge in [-0.3, -0.25) is 4.98 Å². The van der Waals surface area contributed by atoms with E-state index in [2.05, 4.69) is 41.9 Å². The molecule has 2 rings (SSSR count). The first-order valence-electron chi connectivity index (χ1n) is 5.91. The Hall–Kier alpha value is -0.850. The van der Waals surface area contributed by atoms with Gasteiger partial charge in [0.15, 0.2) is 0 Å². The van der Waals surface area contributed by atoms with Gasteiger partial charge in [0, 0.05) is 22.8 Å². The average Bonchev–Trinajstić information content (AvgIpc) is 2.90. The zero-order chi connectivity index (χ0) is 12.8. The van der Waals surface area contributed by atoms with Crippen LogP contribution in [0.2, 0.25) is 0 Å². The third-order valence-electron chi connectivity index (χ3n) is 2.58. The van der Waals surface area contributed by atoms with Crippen molar-refractivity contribution in [2.45, 2.75) is 25.8 Å². The molecule has 0 fully saturated rings. The minimum atomic E-state index is 0.192. The van der Waals surface area contributed by atoms with Gasteiger partial charge in [-0.05, 0) is 41.0 Å². The quantitative estimate of drug-likeness (QED) is 0.886. The number of hydrogen-bond donors (Lipinski definition) is 1. The molecule has 0 saturated carbocycles. The van der Waals surface area contributed by atoms with Crippen molar-refractivity contribution in [1.82, 2.24) is 19.0 Å². The molecule has 0 bridgehead atoms. The molecule has 1 N–H and O–H groups in total. The lowest BCUT2D eigenvalue weighted by molar-refractivity contribution is 0.516. The molecule has 0 amide bonds. The summed E-state index contributed by atoms with van der Waals surface area (Å²) in [5.74, 6) is 0. The summed E-state index contributed by atoms with van der Waals surface area (Å²) in [6.45, 7) is 3.12. The van der Waals surface area contributed by atoms with Gasteiger partial charge < -0.3 is 5.32 Å². The van der Waals surface area contributed by atoms with E-state index >= 15 is 0 Å². The number of nitrogens with zero attached hydrogens (tertiary/aromatic N) is 3. The highest BCUT2D eigenvalue weighted by atomic mass is 79.9. The lowest BCUT2D eigenvalue weighted by atomic mass is 10.1. The highest BCUT2D eigenvalue weighted by Gasteiger charge is 2.14. The standard InChI is InChI=1S/C12H15BrN4S/c1-2-5-14-11(12-8-16-18-17-12)6-10-4-3-9(13)7-15-10/h3-4,7-8,11,14H,2,5-6H2,1H3. The highest BCUT2D eigenvalue weighted by molar-refractivity contribution is 9.10. The molecule has 0 saturated heterocycles. The number of aromatic nitrogens is 3. The lowest BCUT2D eigenvalue weighted by Gasteiger charge is -2.15. The van der Waals surface area contributed by atoms with Crippen LogP contribution in [0.5, 0.6) is 0 Å². The van der Waals surface area contributed by atoms with Crippen molar-refractivity contribution in [2.24, 2.45) is 0 Å². The third-order valence-corrected chi connectivity index (χ3v) is 3.54. The van der Waals surface area contributed by atoms with E-state index in [9.17, 15) is 0 Å². The summed E-state index contributed by atoms with van der Waals surface area (Å²) in [4.78, 5) is 4.40. The van der Waals surface area contributed by atoms with Gasteiger partial charge in [-0.2, -0.15) is 8.75 Å². The van der Waals surface area contributed by atoms with Crippen molar-refractivity contribution in [3.8, 4) is 0 Å². The molecule has 6 heteroatoms. The number of halogens is 1. The van der Waals surface area contributed by atoms with E-state index in [0.717, 1.165) is 35.2 Å². The van der Waals surface area contributed by atoms with Gasteiger partial charge in [0.1, 0.15) is 0 Å². The molecule has 0 spiro atoms. The Kier molecular flexibility index (Phi) is 5.22. The number of rotatable bonds is 6. The van der Waals surface area contributed by atoms with Gasteiger partial charge in [0.05, 0.1) is 29.7 Å². The van der Waals surface area contributed by atoms with Crippen LogP contribution in [0.3, 0.4) is 0 Å². The van der Waals surface area contributed by atoms with Gasteiger partial charge >= 0.3 is 0 Å². The fourth-order valence-corrected chi connectivity index (χ4v) is 2.37. The summed E-state index contributed by atoms with van der Waals surface area (Å²) in [7, 11) is 0. The summed E-state index contributed by atoms with van der Waals surface area (Å²) >= 11 is 4.64. The van der Waals surface area contributed by atoms with E-state index in [4.69, 9.17) is 0 Å². The largest absolute Gasteiger partial charge is 0.308 e. The van der Waals surface area contributed by atoms with Gasteiger partial charge in [0.2, 0.25) is 0 Å². The smallest absolute Gasteiger partial charge is 0.0916 e. The molecular formula is C12H15BrN4S. The second-order valence-corrected chi connectivity index (χ2v) is 5.48. The predicted molar refractivity (Wildman–Crippen MR) is 76.6 cm³/mol. The van der Waals surface area contributed by atoms with Crippen LogP contribution in [-0.4, -0.2) is 20.3 Å². The zero-order valence-electron chi connectivity index (χ0n) is 10.1. The van der Waals surface area contributed by atoms with E-state index in [-0.39, 0.29) is 6.04 Å². The minimum Gasteiger partial charge on any atom is -0.308 e. The fraction of sp³-hybridized carbons (Fsp3) is 0.417. The van der Waals surface area contributed by atoms with Crippen LogP contribution in [0.25, 0.3) is 0 Å². The van der Waals surface area contributed by atoms with Crippen LogP contribution in [0.1, 0.15) is 30.8 Å². The van der Waals surface area contributed by atoms with Crippen LogP contribution >= 0.6 is 27.7 Å². The fourth-order valence-electron chi connectivity index (χ4n) is 1.66. The zero-order valence-corrected chi connectivity index (χ0v) is 12.5. The molecule has 1 atom stereocenters. The maximum Gasteiger partial charge on any atom is 0.0916 e. The molecule has 96 valence electrons. The first-order valence-corrected chi connectivity index (χ1v) is 7.43. The van der Waals surface area contributed by atoms with Crippen LogP contribution < -0.4 is 5.32 Å². The van der Waals surface area contributed by atoms with Crippen molar-refractivity contribution >= 4 is 27.7 Å². The van der Waals surface area contributed by atoms with Crippen molar-refractivity contribution < 1.29 is 0 Å². The summed E-state index contributed by atoms with van der Waals surface area (Å²) < 4.78 is 9.38. The molecule has 0 radical (unpaired) electrons. The molecule has 18 heavy (non-hydrogen) atoms. The normalized spacial score (nSPS) is 12.6. The van der Waals surface area contributed by atoms with Crippen LogP contribution in [0.15, 0.2) is 29.0 Å². The maximum absolute atomic E-state index is 4.40. The Labute approximate surface area is 119 Å². The number of pyridine rings is 1. The SMILES string of the molecule is CCCNC(Cc1ccc(Br)cn1)c1cnsn1. The van der Waals surface area contributed by atoms with E-state index in [1.54, 1.807) is 0 Å². The number of nitrogens with one attached hydrogen (secondary N) is 1. The van der Waals surface area contributed by atoms with Crippen LogP contribution in [0, 0.1) is 0 Å². The van der Waals surface area contributed by atoms with E-state index in [0.29, 0.717) is 0 Å². The molecule has 4 nitrogen and oxygen atoms in total. The summed E-state index contributed by atoms with van der Waals surface area (Å²) in [5.41, 5.74) is 2.05. The molecular weight excluding hydrogens is 312 g/mol. The van der Waals surface area contributed by atoms with Crippen LogP contribution in [0.4, 0.5) is 0 Å². The predicted octanol–water partition coefficient (Wildman–Crippen LogP) is 2.98. The topological polar surface area (TPSA) is 50.7 Å². The number of hydrogen-bond acceptors (Lipinski definition) is 5. The van der Waals surface area contributed by atoms with Crippen molar-refractivity contribution in [3.63, 3.8) is 0 Å². The monoisotopic (exact) mass is 326 g/mol. The molecule has 2 heterocycles. The summed E-state index contributed by atoms with van der Waals surface area (Å²) in [6, 6.07) is 4.24. The average molecular weight is 327 g/mol. The molecule has 0 aliphatic heterocycles. The molecule has 0 aliphatic rings. The Morgan fingerprint density at radius 2 is 2.28 bits per heavy atom. The molecule has 2 aromatic heterocycles. The Morgan fingerprint density at radius 3 is 2.89 bits per heavy atom. The minimum absolute atomic E-state index is 0.192. The first kappa shape index (κ1) is 13.6. The van der Waals surface area contributed by atoms with Crippen LogP contribution in [-0.2, 0) is 6.42 Å². The Balaban J connectivity index is 2.07. The Bertz CT molecular complexity index is 457. The van der Waals surface area contributed by atoms with Gasteiger partial charge in [-0.25, -0.2) is 0 Å². The van der Waals surface area contributed by atoms with E-state index in [1.807, 2.05) is 24.5 Å². The summed E-state index contributed by atoms with van der Waals surface area (Å²) in [5, 5.41) is 3.49. The second-order valence-electron chi connectivity index (χ2n) is 4.01. The van der Waals surface area contributed by atoms with Crippen molar-refractivity contribution in [1.29, 1.82) is 0 Å². The van der Waals surface area contributed by atoms with E-state index in [1.165, 1.54) is 11.7 Å². The highest BCUT2D eigenvalue weighted by Crippen LogP contribution is 2.17. The Morgan fingerprint density at radius 1 is 1.39 bits per heavy atom. The molecule has 1 unspecified atom stereocenters. The van der Waals surface area contributed by atoms with Crippen molar-refractivity contribution in [3.05, 3.63) is 40.4 Å². The van der Waals surface area contributed by atoms with Gasteiger partial charge in [-0.1, -0.05) is 6.92 Å². The van der Waals surface area contributed by atoms with Gasteiger partial charge in [-0.15, -0.1) is 0 Å². The molecule has 0 aliphatic carbocycles. The summed E-state index contributed by atoms with van der Waals surface area (Å²) in [6.07, 6.45) is 5.59.